The van der Waals surface area contributed by atoms with Crippen LogP contribution in [0.1, 0.15) is 26.2 Å². The van der Waals surface area contributed by atoms with Gasteiger partial charge in [0.05, 0.1) is 6.10 Å². The predicted octanol–water partition coefficient (Wildman–Crippen LogP) is 0.903. The molecule has 0 aromatic carbocycles. The molecule has 2 aliphatic heterocycles. The van der Waals surface area contributed by atoms with E-state index in [0.717, 1.165) is 65.1 Å². The zero-order valence-electron chi connectivity index (χ0n) is 11.4. The summed E-state index contributed by atoms with van der Waals surface area (Å²) in [6, 6.07) is 0.0868. The van der Waals surface area contributed by atoms with Crippen LogP contribution in [0.4, 0.5) is 4.79 Å². The highest BCUT2D eigenvalue weighted by molar-refractivity contribution is 5.74. The zero-order valence-corrected chi connectivity index (χ0v) is 11.4. The van der Waals surface area contributed by atoms with Crippen molar-refractivity contribution in [2.45, 2.75) is 32.3 Å². The van der Waals surface area contributed by atoms with Gasteiger partial charge >= 0.3 is 6.03 Å². The lowest BCUT2D eigenvalue weighted by molar-refractivity contribution is 0.103. The second-order valence-electron chi connectivity index (χ2n) is 5.08. The van der Waals surface area contributed by atoms with Gasteiger partial charge in [-0.15, -0.1) is 0 Å². The number of amides is 2. The largest absolute Gasteiger partial charge is 0.378 e. The van der Waals surface area contributed by atoms with Gasteiger partial charge < -0.3 is 19.9 Å². The van der Waals surface area contributed by atoms with Gasteiger partial charge in [-0.1, -0.05) is 6.92 Å². The van der Waals surface area contributed by atoms with Crippen LogP contribution in [0.5, 0.6) is 0 Å². The van der Waals surface area contributed by atoms with Gasteiger partial charge in [0.15, 0.2) is 0 Å². The molecule has 104 valence electrons. The standard InChI is InChI=1S/C13H25N3O2/c1-2-15-7-9-16(10-8-15)13(17)14-6-5-12-4-3-11-18-12/h12H,2-11H2,1H3,(H,14,17). The van der Waals surface area contributed by atoms with Gasteiger partial charge in [-0.05, 0) is 25.8 Å². The van der Waals surface area contributed by atoms with Crippen molar-refractivity contribution < 1.29 is 9.53 Å². The first-order valence-corrected chi connectivity index (χ1v) is 7.16. The molecule has 18 heavy (non-hydrogen) atoms. The third kappa shape index (κ3) is 3.85. The Labute approximate surface area is 109 Å². The van der Waals surface area contributed by atoms with Crippen molar-refractivity contribution in [2.75, 3.05) is 45.9 Å². The third-order valence-electron chi connectivity index (χ3n) is 3.87. The molecular formula is C13H25N3O2. The van der Waals surface area contributed by atoms with E-state index in [4.69, 9.17) is 4.74 Å². The molecule has 5 heteroatoms. The van der Waals surface area contributed by atoms with E-state index in [2.05, 4.69) is 17.1 Å². The fourth-order valence-corrected chi connectivity index (χ4v) is 2.59. The number of rotatable bonds is 4. The van der Waals surface area contributed by atoms with E-state index in [0.29, 0.717) is 6.10 Å². The molecule has 2 fully saturated rings. The Morgan fingerprint density at radius 2 is 2.11 bits per heavy atom. The fraction of sp³-hybridized carbons (Fsp3) is 0.923. The van der Waals surface area contributed by atoms with Crippen LogP contribution in [-0.4, -0.2) is 67.8 Å². The molecular weight excluding hydrogens is 230 g/mol. The van der Waals surface area contributed by atoms with Crippen LogP contribution in [0, 0.1) is 0 Å². The van der Waals surface area contributed by atoms with E-state index in [1.54, 1.807) is 0 Å². The summed E-state index contributed by atoms with van der Waals surface area (Å²) in [5.41, 5.74) is 0. The number of likely N-dealkylation sites (N-methyl/N-ethyl adjacent to an activating group) is 1. The van der Waals surface area contributed by atoms with E-state index in [-0.39, 0.29) is 6.03 Å². The normalized spacial score (nSPS) is 25.4. The zero-order chi connectivity index (χ0) is 12.8. The minimum absolute atomic E-state index is 0.0868. The van der Waals surface area contributed by atoms with E-state index in [9.17, 15) is 4.79 Å². The van der Waals surface area contributed by atoms with E-state index < -0.39 is 0 Å². The van der Waals surface area contributed by atoms with Crippen molar-refractivity contribution >= 4 is 6.03 Å². The van der Waals surface area contributed by atoms with Crippen molar-refractivity contribution in [3.63, 3.8) is 0 Å². The van der Waals surface area contributed by atoms with Crippen molar-refractivity contribution in [1.29, 1.82) is 0 Å². The van der Waals surface area contributed by atoms with Crippen LogP contribution in [0.15, 0.2) is 0 Å². The molecule has 2 heterocycles. The molecule has 0 spiro atoms. The quantitative estimate of drug-likeness (QED) is 0.812. The summed E-state index contributed by atoms with van der Waals surface area (Å²) in [6.45, 7) is 8.55. The average Bonchev–Trinajstić information content (AvgIpc) is 2.92. The number of ether oxygens (including phenoxy) is 1. The lowest BCUT2D eigenvalue weighted by atomic mass is 10.2. The SMILES string of the molecule is CCN1CCN(C(=O)NCCC2CCCO2)CC1. The molecule has 0 saturated carbocycles. The second-order valence-corrected chi connectivity index (χ2v) is 5.08. The van der Waals surface area contributed by atoms with Gasteiger partial charge in [-0.25, -0.2) is 4.79 Å². The molecule has 2 aliphatic rings. The van der Waals surface area contributed by atoms with Gasteiger partial charge in [0.25, 0.3) is 0 Å². The molecule has 0 aromatic rings. The van der Waals surface area contributed by atoms with Crippen LogP contribution in [0.2, 0.25) is 0 Å². The molecule has 2 saturated heterocycles. The Bertz CT molecular complexity index is 259. The Kier molecular flexibility index (Phi) is 5.26. The Balaban J connectivity index is 1.59. The molecule has 2 rings (SSSR count). The number of piperazine rings is 1. The number of carbonyl (C=O) groups excluding carboxylic acids is 1. The van der Waals surface area contributed by atoms with E-state index in [1.807, 2.05) is 4.90 Å². The third-order valence-corrected chi connectivity index (χ3v) is 3.87. The van der Waals surface area contributed by atoms with Gasteiger partial charge in [0.1, 0.15) is 0 Å². The summed E-state index contributed by atoms with van der Waals surface area (Å²) in [5, 5.41) is 3.00. The van der Waals surface area contributed by atoms with Crippen molar-refractivity contribution in [1.82, 2.24) is 15.1 Å². The van der Waals surface area contributed by atoms with Crippen molar-refractivity contribution in [2.24, 2.45) is 0 Å². The molecule has 0 bridgehead atoms. The van der Waals surface area contributed by atoms with Crippen LogP contribution in [0.25, 0.3) is 0 Å². The van der Waals surface area contributed by atoms with Crippen molar-refractivity contribution in [3.05, 3.63) is 0 Å². The number of hydrogen-bond donors (Lipinski definition) is 1. The minimum Gasteiger partial charge on any atom is -0.378 e. The summed E-state index contributed by atoms with van der Waals surface area (Å²) in [4.78, 5) is 16.2. The molecule has 1 N–H and O–H groups in total. The highest BCUT2D eigenvalue weighted by Crippen LogP contribution is 2.14. The van der Waals surface area contributed by atoms with Gasteiger partial charge in [-0.3, -0.25) is 0 Å². The predicted molar refractivity (Wildman–Crippen MR) is 70.7 cm³/mol. The fourth-order valence-electron chi connectivity index (χ4n) is 2.59. The maximum absolute atomic E-state index is 11.9. The first kappa shape index (κ1) is 13.6. The second kappa shape index (κ2) is 6.95. The lowest BCUT2D eigenvalue weighted by Crippen LogP contribution is -2.51. The molecule has 0 radical (unpaired) electrons. The number of nitrogens with one attached hydrogen (secondary N) is 1. The van der Waals surface area contributed by atoms with Crippen LogP contribution in [0.3, 0.4) is 0 Å². The Morgan fingerprint density at radius 3 is 2.72 bits per heavy atom. The molecule has 0 aromatic heterocycles. The topological polar surface area (TPSA) is 44.8 Å². The minimum atomic E-state index is 0.0868. The number of hydrogen-bond acceptors (Lipinski definition) is 3. The number of nitrogens with zero attached hydrogens (tertiary/aromatic N) is 2. The molecule has 1 atom stereocenters. The summed E-state index contributed by atoms with van der Waals surface area (Å²) in [5.74, 6) is 0. The van der Waals surface area contributed by atoms with Crippen LogP contribution in [-0.2, 0) is 4.74 Å². The summed E-state index contributed by atoms with van der Waals surface area (Å²) in [6.07, 6.45) is 3.62. The molecule has 2 amide bonds. The highest BCUT2D eigenvalue weighted by Gasteiger charge is 2.20. The van der Waals surface area contributed by atoms with E-state index in [1.165, 1.54) is 0 Å². The van der Waals surface area contributed by atoms with Gasteiger partial charge in [-0.2, -0.15) is 0 Å². The first-order chi connectivity index (χ1) is 8.79. The number of urea groups is 1. The van der Waals surface area contributed by atoms with Crippen LogP contribution < -0.4 is 5.32 Å². The summed E-state index contributed by atoms with van der Waals surface area (Å²) < 4.78 is 5.54. The Hall–Kier alpha value is -0.810. The number of carbonyl (C=O) groups is 1. The molecule has 0 aliphatic carbocycles. The maximum Gasteiger partial charge on any atom is 0.317 e. The Morgan fingerprint density at radius 1 is 1.33 bits per heavy atom. The van der Waals surface area contributed by atoms with Gasteiger partial charge in [0.2, 0.25) is 0 Å². The van der Waals surface area contributed by atoms with Gasteiger partial charge in [0, 0.05) is 39.3 Å². The molecule has 1 unspecified atom stereocenters. The monoisotopic (exact) mass is 255 g/mol. The maximum atomic E-state index is 11.9. The van der Waals surface area contributed by atoms with Crippen LogP contribution >= 0.6 is 0 Å². The smallest absolute Gasteiger partial charge is 0.317 e. The highest BCUT2D eigenvalue weighted by atomic mass is 16.5. The van der Waals surface area contributed by atoms with Crippen molar-refractivity contribution in [3.8, 4) is 0 Å². The average molecular weight is 255 g/mol. The first-order valence-electron chi connectivity index (χ1n) is 7.16. The molecule has 5 nitrogen and oxygen atoms in total. The summed E-state index contributed by atoms with van der Waals surface area (Å²) in [7, 11) is 0. The van der Waals surface area contributed by atoms with E-state index >= 15 is 0 Å². The lowest BCUT2D eigenvalue weighted by Gasteiger charge is -2.34. The summed E-state index contributed by atoms with van der Waals surface area (Å²) >= 11 is 0.